The summed E-state index contributed by atoms with van der Waals surface area (Å²) in [6, 6.07) is 15.9. The van der Waals surface area contributed by atoms with E-state index in [1.807, 2.05) is 17.5 Å². The Morgan fingerprint density at radius 1 is 1.00 bits per heavy atom. The van der Waals surface area contributed by atoms with Crippen LogP contribution < -0.4 is 4.74 Å². The largest absolute Gasteiger partial charge is 0.484 e. The van der Waals surface area contributed by atoms with E-state index in [1.165, 1.54) is 24.3 Å². The molecule has 0 spiro atoms. The van der Waals surface area contributed by atoms with E-state index in [1.54, 1.807) is 47.5 Å². The number of carbonyl (C=O) groups is 2. The molecular weight excluding hydrogens is 365 g/mol. The van der Waals surface area contributed by atoms with E-state index in [0.29, 0.717) is 23.4 Å². The molecule has 0 atom stereocenters. The lowest BCUT2D eigenvalue weighted by Crippen LogP contribution is -2.30. The lowest BCUT2D eigenvalue weighted by atomic mass is 10.0. The summed E-state index contributed by atoms with van der Waals surface area (Å²) in [4.78, 5) is 27.2. The fourth-order valence-electron chi connectivity index (χ4n) is 2.45. The summed E-state index contributed by atoms with van der Waals surface area (Å²) < 4.78 is 18.5. The van der Waals surface area contributed by atoms with Gasteiger partial charge in [0.25, 0.3) is 5.91 Å². The molecule has 6 heteroatoms. The summed E-state index contributed by atoms with van der Waals surface area (Å²) >= 11 is 1.60. The zero-order chi connectivity index (χ0) is 19.2. The number of benzene rings is 2. The molecule has 0 N–H and O–H groups in total. The van der Waals surface area contributed by atoms with Crippen molar-refractivity contribution in [3.63, 3.8) is 0 Å². The van der Waals surface area contributed by atoms with Crippen LogP contribution in [-0.2, 0) is 11.3 Å². The molecule has 1 aromatic heterocycles. The van der Waals surface area contributed by atoms with Crippen molar-refractivity contribution in [1.82, 2.24) is 4.90 Å². The molecule has 3 aromatic rings. The fraction of sp³-hybridized carbons (Fsp3) is 0.143. The molecule has 0 saturated heterocycles. The van der Waals surface area contributed by atoms with E-state index in [-0.39, 0.29) is 24.1 Å². The van der Waals surface area contributed by atoms with Crippen LogP contribution in [-0.4, -0.2) is 30.2 Å². The topological polar surface area (TPSA) is 46.6 Å². The van der Waals surface area contributed by atoms with E-state index >= 15 is 0 Å². The second-order valence-corrected chi connectivity index (χ2v) is 7.01. The van der Waals surface area contributed by atoms with Crippen LogP contribution in [0, 0.1) is 5.82 Å². The number of ether oxygens (including phenoxy) is 1. The summed E-state index contributed by atoms with van der Waals surface area (Å²) in [6.07, 6.45) is 0. The Labute approximate surface area is 160 Å². The van der Waals surface area contributed by atoms with E-state index in [9.17, 15) is 14.0 Å². The molecule has 0 saturated carbocycles. The first-order valence-electron chi connectivity index (χ1n) is 8.32. The first-order valence-corrected chi connectivity index (χ1v) is 9.20. The number of thiophene rings is 1. The monoisotopic (exact) mass is 383 g/mol. The van der Waals surface area contributed by atoms with E-state index in [0.717, 1.165) is 4.88 Å². The Bertz CT molecular complexity index is 906. The summed E-state index contributed by atoms with van der Waals surface area (Å²) in [5.41, 5.74) is 0.880. The van der Waals surface area contributed by atoms with E-state index in [4.69, 9.17) is 4.74 Å². The van der Waals surface area contributed by atoms with Gasteiger partial charge in [-0.3, -0.25) is 9.59 Å². The van der Waals surface area contributed by atoms with Crippen molar-refractivity contribution >= 4 is 23.0 Å². The predicted octanol–water partition coefficient (Wildman–Crippen LogP) is 4.16. The van der Waals surface area contributed by atoms with Gasteiger partial charge >= 0.3 is 0 Å². The number of hydrogen-bond acceptors (Lipinski definition) is 4. The van der Waals surface area contributed by atoms with Gasteiger partial charge in [0, 0.05) is 23.1 Å². The third-order valence-corrected chi connectivity index (χ3v) is 4.85. The minimum absolute atomic E-state index is 0.0763. The Kier molecular flexibility index (Phi) is 5.98. The normalized spacial score (nSPS) is 10.4. The maximum Gasteiger partial charge on any atom is 0.260 e. The van der Waals surface area contributed by atoms with Gasteiger partial charge in [0.1, 0.15) is 11.6 Å². The first-order chi connectivity index (χ1) is 13.0. The molecule has 27 heavy (non-hydrogen) atoms. The molecule has 1 amide bonds. The Morgan fingerprint density at radius 3 is 2.22 bits per heavy atom. The van der Waals surface area contributed by atoms with Gasteiger partial charge in [0.15, 0.2) is 12.4 Å². The van der Waals surface area contributed by atoms with E-state index in [2.05, 4.69) is 0 Å². The lowest BCUT2D eigenvalue weighted by Gasteiger charge is -2.16. The molecule has 1 heterocycles. The molecule has 0 bridgehead atoms. The second-order valence-electron chi connectivity index (χ2n) is 5.98. The van der Waals surface area contributed by atoms with Crippen molar-refractivity contribution in [3.05, 3.63) is 87.9 Å². The van der Waals surface area contributed by atoms with Gasteiger partial charge in [0.05, 0.1) is 6.54 Å². The average Bonchev–Trinajstić information content (AvgIpc) is 3.19. The van der Waals surface area contributed by atoms with Gasteiger partial charge in [-0.15, -0.1) is 11.3 Å². The SMILES string of the molecule is CN(Cc1cccs1)C(=O)COc1ccc(C(=O)c2ccc(F)cc2)cc1. The number of amides is 1. The smallest absolute Gasteiger partial charge is 0.260 e. The zero-order valence-electron chi connectivity index (χ0n) is 14.7. The highest BCUT2D eigenvalue weighted by molar-refractivity contribution is 7.09. The van der Waals surface area contributed by atoms with Crippen LogP contribution >= 0.6 is 11.3 Å². The van der Waals surface area contributed by atoms with Crippen molar-refractivity contribution in [2.75, 3.05) is 13.7 Å². The molecule has 0 unspecified atom stereocenters. The summed E-state index contributed by atoms with van der Waals surface area (Å²) in [6.45, 7) is 0.470. The Balaban J connectivity index is 1.55. The molecular formula is C21H18FNO3S. The maximum atomic E-state index is 13.0. The summed E-state index contributed by atoms with van der Waals surface area (Å²) in [5, 5.41) is 1.97. The molecule has 0 fully saturated rings. The van der Waals surface area contributed by atoms with E-state index < -0.39 is 0 Å². The van der Waals surface area contributed by atoms with Gasteiger partial charge in [-0.2, -0.15) is 0 Å². The van der Waals surface area contributed by atoms with Crippen LogP contribution in [0.1, 0.15) is 20.8 Å². The van der Waals surface area contributed by atoms with Crippen molar-refractivity contribution < 1.29 is 18.7 Å². The highest BCUT2D eigenvalue weighted by atomic mass is 32.1. The highest BCUT2D eigenvalue weighted by Crippen LogP contribution is 2.16. The van der Waals surface area contributed by atoms with Gasteiger partial charge in [-0.1, -0.05) is 6.07 Å². The number of rotatable bonds is 7. The number of hydrogen-bond donors (Lipinski definition) is 0. The molecule has 3 rings (SSSR count). The molecule has 0 aliphatic rings. The molecule has 138 valence electrons. The fourth-order valence-corrected chi connectivity index (χ4v) is 3.21. The summed E-state index contributed by atoms with van der Waals surface area (Å²) in [7, 11) is 1.73. The molecule has 0 aliphatic carbocycles. The number of carbonyl (C=O) groups excluding carboxylic acids is 2. The molecule has 0 aliphatic heterocycles. The Morgan fingerprint density at radius 2 is 1.63 bits per heavy atom. The molecule has 4 nitrogen and oxygen atoms in total. The van der Waals surface area contributed by atoms with Gasteiger partial charge in [-0.05, 0) is 60.0 Å². The highest BCUT2D eigenvalue weighted by Gasteiger charge is 2.12. The lowest BCUT2D eigenvalue weighted by molar-refractivity contribution is -0.132. The van der Waals surface area contributed by atoms with Crippen LogP contribution in [0.3, 0.4) is 0 Å². The summed E-state index contributed by atoms with van der Waals surface area (Å²) in [5.74, 6) is -0.212. The first kappa shape index (κ1) is 18.8. The average molecular weight is 383 g/mol. The minimum atomic E-state index is -0.385. The van der Waals surface area contributed by atoms with Crippen LogP contribution in [0.15, 0.2) is 66.0 Å². The Hall–Kier alpha value is -2.99. The van der Waals surface area contributed by atoms with Crippen molar-refractivity contribution in [1.29, 1.82) is 0 Å². The number of ketones is 1. The minimum Gasteiger partial charge on any atom is -0.484 e. The third-order valence-electron chi connectivity index (χ3n) is 3.98. The predicted molar refractivity (Wildman–Crippen MR) is 103 cm³/mol. The van der Waals surface area contributed by atoms with Gasteiger partial charge < -0.3 is 9.64 Å². The van der Waals surface area contributed by atoms with Crippen molar-refractivity contribution in [2.45, 2.75) is 6.54 Å². The number of halogens is 1. The van der Waals surface area contributed by atoms with Crippen molar-refractivity contribution in [3.8, 4) is 5.75 Å². The second kappa shape index (κ2) is 8.60. The van der Waals surface area contributed by atoms with Crippen LogP contribution in [0.2, 0.25) is 0 Å². The molecule has 0 radical (unpaired) electrons. The number of likely N-dealkylation sites (N-methyl/N-ethyl adjacent to an activating group) is 1. The third kappa shape index (κ3) is 5.01. The van der Waals surface area contributed by atoms with Crippen LogP contribution in [0.5, 0.6) is 5.75 Å². The van der Waals surface area contributed by atoms with Crippen molar-refractivity contribution in [2.24, 2.45) is 0 Å². The maximum absolute atomic E-state index is 13.0. The number of nitrogens with zero attached hydrogens (tertiary/aromatic N) is 1. The van der Waals surface area contributed by atoms with Gasteiger partial charge in [-0.25, -0.2) is 4.39 Å². The molecule has 2 aromatic carbocycles. The van der Waals surface area contributed by atoms with Gasteiger partial charge in [0.2, 0.25) is 0 Å². The standard InChI is InChI=1S/C21H18FNO3S/c1-23(13-19-3-2-12-27-19)20(24)14-26-18-10-6-16(7-11-18)21(25)15-4-8-17(22)9-5-15/h2-12H,13-14H2,1H3. The van der Waals surface area contributed by atoms with Crippen LogP contribution in [0.25, 0.3) is 0 Å². The zero-order valence-corrected chi connectivity index (χ0v) is 15.5. The quantitative estimate of drug-likeness (QED) is 0.576. The van der Waals surface area contributed by atoms with Crippen LogP contribution in [0.4, 0.5) is 4.39 Å².